The molecule has 0 radical (unpaired) electrons. The summed E-state index contributed by atoms with van der Waals surface area (Å²) in [5.41, 5.74) is 0. The second-order valence-corrected chi connectivity index (χ2v) is 20.7. The fourth-order valence-corrected chi connectivity index (χ4v) is 8.97. The van der Waals surface area contributed by atoms with Crippen LogP contribution in [0.1, 0.15) is 245 Å². The van der Waals surface area contributed by atoms with E-state index in [1.54, 1.807) is 6.08 Å². The van der Waals surface area contributed by atoms with Crippen molar-refractivity contribution >= 4 is 11.9 Å². The van der Waals surface area contributed by atoms with Crippen molar-refractivity contribution < 1.29 is 49.3 Å². The number of carbonyl (C=O) groups is 2. The second-order valence-electron chi connectivity index (χ2n) is 20.7. The number of amides is 1. The molecule has 1 heterocycles. The number of aliphatic hydroxyl groups excluding tert-OH is 5. The molecule has 0 spiro atoms. The lowest BCUT2D eigenvalue weighted by molar-refractivity contribution is -0.305. The molecule has 11 nitrogen and oxygen atoms in total. The standard InChI is InChI=1S/C64H111NO10/c1-4-7-10-13-16-19-22-25-27-28-29-30-31-32-33-36-39-42-45-48-51-57(68)63(72)65-55(56(67)50-47-44-41-38-35-24-21-18-15-12-9-6-3)54-73-64-62(61(71)60(70)58(53-66)74-64)75-59(69)52-49-46-43-40-37-34-26-23-20-17-14-11-8-5-2/h8,11,16-17,19-20,25-27,29-30,34,47,50,55-58,60-62,64,66-68,70-71H,4-7,9-10,12-15,18,21-24,28,31-33,35-46,48-49,51-54H2,1-3H3,(H,65,72)/b11-8+,19-16-,20-17+,27-25-,30-29-,34-26+,50-47+. The molecule has 0 aliphatic carbocycles. The number of allylic oxidation sites excluding steroid dienone is 13. The molecule has 1 aliphatic rings. The number of ether oxygens (including phenoxy) is 3. The maximum absolute atomic E-state index is 13.4. The Morgan fingerprint density at radius 1 is 0.533 bits per heavy atom. The van der Waals surface area contributed by atoms with Gasteiger partial charge in [-0.2, -0.15) is 0 Å². The van der Waals surface area contributed by atoms with Crippen LogP contribution in [0.15, 0.2) is 85.1 Å². The zero-order valence-corrected chi connectivity index (χ0v) is 47.6. The van der Waals surface area contributed by atoms with Gasteiger partial charge in [0.05, 0.1) is 25.4 Å². The van der Waals surface area contributed by atoms with Crippen LogP contribution in [0.2, 0.25) is 0 Å². The molecule has 0 saturated carbocycles. The number of esters is 1. The molecule has 6 N–H and O–H groups in total. The number of aliphatic hydroxyl groups is 5. The summed E-state index contributed by atoms with van der Waals surface area (Å²) < 4.78 is 17.6. The third-order valence-electron chi connectivity index (χ3n) is 13.8. The lowest BCUT2D eigenvalue weighted by atomic mass is 9.99. The predicted molar refractivity (Wildman–Crippen MR) is 310 cm³/mol. The van der Waals surface area contributed by atoms with E-state index in [1.165, 1.54) is 89.9 Å². The van der Waals surface area contributed by atoms with Crippen molar-refractivity contribution in [3.8, 4) is 0 Å². The number of rotatable bonds is 50. The van der Waals surface area contributed by atoms with Crippen LogP contribution >= 0.6 is 0 Å². The maximum Gasteiger partial charge on any atom is 0.306 e. The fraction of sp³-hybridized carbons (Fsp3) is 0.750. The van der Waals surface area contributed by atoms with Crippen LogP contribution in [0.5, 0.6) is 0 Å². The topological polar surface area (TPSA) is 175 Å². The van der Waals surface area contributed by atoms with E-state index >= 15 is 0 Å². The summed E-state index contributed by atoms with van der Waals surface area (Å²) in [6.45, 7) is 5.62. The third-order valence-corrected chi connectivity index (χ3v) is 13.8. The molecule has 1 saturated heterocycles. The number of hydrogen-bond donors (Lipinski definition) is 6. The first-order valence-corrected chi connectivity index (χ1v) is 30.4. The number of nitrogens with one attached hydrogen (secondary N) is 1. The van der Waals surface area contributed by atoms with Gasteiger partial charge in [0, 0.05) is 6.42 Å². The van der Waals surface area contributed by atoms with Gasteiger partial charge in [-0.25, -0.2) is 0 Å². The van der Waals surface area contributed by atoms with Crippen molar-refractivity contribution in [2.45, 2.75) is 294 Å². The van der Waals surface area contributed by atoms with Gasteiger partial charge >= 0.3 is 5.97 Å². The van der Waals surface area contributed by atoms with Crippen LogP contribution in [0.25, 0.3) is 0 Å². The highest BCUT2D eigenvalue weighted by Crippen LogP contribution is 2.26. The van der Waals surface area contributed by atoms with E-state index in [0.29, 0.717) is 12.8 Å². The molecule has 8 unspecified atom stereocenters. The average molecular weight is 1050 g/mol. The average Bonchev–Trinajstić information content (AvgIpc) is 3.41. The van der Waals surface area contributed by atoms with E-state index in [4.69, 9.17) is 14.2 Å². The van der Waals surface area contributed by atoms with Crippen LogP contribution in [0.4, 0.5) is 0 Å². The van der Waals surface area contributed by atoms with E-state index in [0.717, 1.165) is 109 Å². The normalized spacial score (nSPS) is 19.8. The van der Waals surface area contributed by atoms with Gasteiger partial charge in [-0.1, -0.05) is 228 Å². The van der Waals surface area contributed by atoms with Gasteiger partial charge < -0.3 is 45.1 Å². The predicted octanol–water partition coefficient (Wildman–Crippen LogP) is 14.2. The Morgan fingerprint density at radius 2 is 0.960 bits per heavy atom. The lowest BCUT2D eigenvalue weighted by Gasteiger charge is -2.41. The van der Waals surface area contributed by atoms with Crippen molar-refractivity contribution in [2.75, 3.05) is 13.2 Å². The van der Waals surface area contributed by atoms with Crippen molar-refractivity contribution in [1.29, 1.82) is 0 Å². The molecule has 11 heteroatoms. The minimum Gasteiger partial charge on any atom is -0.454 e. The molecule has 8 atom stereocenters. The molecule has 1 fully saturated rings. The summed E-state index contributed by atoms with van der Waals surface area (Å²) in [6, 6.07) is -1.04. The first kappa shape index (κ1) is 69.9. The summed E-state index contributed by atoms with van der Waals surface area (Å²) in [4.78, 5) is 26.5. The molecule has 0 aromatic carbocycles. The van der Waals surface area contributed by atoms with E-state index in [1.807, 2.05) is 6.08 Å². The van der Waals surface area contributed by atoms with Crippen molar-refractivity contribution in [1.82, 2.24) is 5.32 Å². The zero-order valence-electron chi connectivity index (χ0n) is 47.6. The Morgan fingerprint density at radius 3 is 1.47 bits per heavy atom. The van der Waals surface area contributed by atoms with Gasteiger partial charge in [-0.05, 0) is 96.3 Å². The molecule has 0 aromatic heterocycles. The second kappa shape index (κ2) is 51.6. The Labute approximate surface area is 457 Å². The molecule has 1 rings (SSSR count). The van der Waals surface area contributed by atoms with Crippen LogP contribution in [-0.4, -0.2) is 99.6 Å². The van der Waals surface area contributed by atoms with Gasteiger partial charge in [0.15, 0.2) is 12.4 Å². The minimum atomic E-state index is -1.63. The van der Waals surface area contributed by atoms with Gasteiger partial charge in [-0.15, -0.1) is 0 Å². The SMILES string of the molecule is CC/C=C/C/C=C/C/C=C/CCCCCCC(=O)OC1C(OCC(NC(=O)C(O)CCCCCCCCC/C=C\C/C=C\C/C=C\CCCCC)C(O)/C=C/CCCCCCCCCCCC)OC(CO)C(O)C1O. The largest absolute Gasteiger partial charge is 0.454 e. The van der Waals surface area contributed by atoms with Crippen molar-refractivity contribution in [2.24, 2.45) is 0 Å². The highest BCUT2D eigenvalue weighted by molar-refractivity contribution is 5.80. The van der Waals surface area contributed by atoms with E-state index < -0.39 is 67.4 Å². The molecule has 1 aliphatic heterocycles. The maximum atomic E-state index is 13.4. The molecule has 0 aromatic rings. The third kappa shape index (κ3) is 39.8. The van der Waals surface area contributed by atoms with Crippen LogP contribution in [0, 0.1) is 0 Å². The van der Waals surface area contributed by atoms with Crippen molar-refractivity contribution in [3.05, 3.63) is 85.1 Å². The summed E-state index contributed by atoms with van der Waals surface area (Å²) in [5.74, 6) is -1.23. The Balaban J connectivity index is 2.71. The Hall–Kier alpha value is -3.16. The molecule has 75 heavy (non-hydrogen) atoms. The fourth-order valence-electron chi connectivity index (χ4n) is 8.97. The highest BCUT2D eigenvalue weighted by atomic mass is 16.7. The van der Waals surface area contributed by atoms with Gasteiger partial charge in [0.25, 0.3) is 0 Å². The lowest BCUT2D eigenvalue weighted by Crippen LogP contribution is -2.61. The first-order chi connectivity index (χ1) is 36.7. The smallest absolute Gasteiger partial charge is 0.306 e. The molecular weight excluding hydrogens is 943 g/mol. The van der Waals surface area contributed by atoms with Gasteiger partial charge in [0.1, 0.15) is 24.4 Å². The monoisotopic (exact) mass is 1050 g/mol. The Kier molecular flexibility index (Phi) is 48.0. The van der Waals surface area contributed by atoms with Crippen LogP contribution in [-0.2, 0) is 23.8 Å². The quantitative estimate of drug-likeness (QED) is 0.0195. The van der Waals surface area contributed by atoms with E-state index in [-0.39, 0.29) is 19.4 Å². The summed E-state index contributed by atoms with van der Waals surface area (Å²) in [5, 5.41) is 56.9. The van der Waals surface area contributed by atoms with Gasteiger partial charge in [-0.3, -0.25) is 9.59 Å². The summed E-state index contributed by atoms with van der Waals surface area (Å²) >= 11 is 0. The molecular formula is C64H111NO10. The molecule has 432 valence electrons. The van der Waals surface area contributed by atoms with Crippen molar-refractivity contribution in [3.63, 3.8) is 0 Å². The van der Waals surface area contributed by atoms with Crippen LogP contribution in [0.3, 0.4) is 0 Å². The minimum absolute atomic E-state index is 0.0933. The number of hydrogen-bond acceptors (Lipinski definition) is 10. The summed E-state index contributed by atoms with van der Waals surface area (Å²) in [6.07, 6.45) is 56.2. The van der Waals surface area contributed by atoms with E-state index in [2.05, 4.69) is 99.0 Å². The first-order valence-electron chi connectivity index (χ1n) is 30.4. The molecule has 1 amide bonds. The summed E-state index contributed by atoms with van der Waals surface area (Å²) in [7, 11) is 0. The van der Waals surface area contributed by atoms with Crippen LogP contribution < -0.4 is 5.32 Å². The zero-order chi connectivity index (χ0) is 54.7. The Bertz CT molecular complexity index is 1540. The van der Waals surface area contributed by atoms with E-state index in [9.17, 15) is 35.1 Å². The van der Waals surface area contributed by atoms with Gasteiger partial charge in [0.2, 0.25) is 5.91 Å². The number of carbonyl (C=O) groups excluding carboxylic acids is 2. The highest BCUT2D eigenvalue weighted by Gasteiger charge is 2.47. The number of unbranched alkanes of at least 4 members (excludes halogenated alkanes) is 24. The molecule has 0 bridgehead atoms.